The standard InChI is InChI=1S/C20H20N2O5S2/c1-22-15-12-16-17(27-10-9-26-16)13-18(15)28-20(22)21-19(23)8-5-11-29(24,25)14-6-3-2-4-7-14/h2-4,6-7,12-13H,5,8-11H2,1H3. The molecule has 0 unspecified atom stereocenters. The molecule has 7 nitrogen and oxygen atoms in total. The van der Waals surface area contributed by atoms with Gasteiger partial charge in [0.2, 0.25) is 5.91 Å². The largest absolute Gasteiger partial charge is 0.486 e. The molecule has 0 bridgehead atoms. The van der Waals surface area contributed by atoms with Crippen molar-refractivity contribution in [3.05, 3.63) is 47.3 Å². The zero-order valence-corrected chi connectivity index (χ0v) is 17.5. The van der Waals surface area contributed by atoms with Crippen molar-refractivity contribution in [3.8, 4) is 11.5 Å². The summed E-state index contributed by atoms with van der Waals surface area (Å²) in [6, 6.07) is 12.0. The maximum absolute atomic E-state index is 12.3. The molecule has 4 rings (SSSR count). The van der Waals surface area contributed by atoms with Crippen LogP contribution in [0.5, 0.6) is 11.5 Å². The van der Waals surface area contributed by atoms with E-state index in [0.29, 0.717) is 29.5 Å². The van der Waals surface area contributed by atoms with Gasteiger partial charge in [0.25, 0.3) is 0 Å². The van der Waals surface area contributed by atoms with Gasteiger partial charge < -0.3 is 14.0 Å². The summed E-state index contributed by atoms with van der Waals surface area (Å²) >= 11 is 1.38. The van der Waals surface area contributed by atoms with Crippen molar-refractivity contribution in [1.29, 1.82) is 0 Å². The molecule has 3 aromatic rings. The molecule has 0 radical (unpaired) electrons. The Kier molecular flexibility index (Phi) is 5.42. The number of hydrogen-bond donors (Lipinski definition) is 0. The van der Waals surface area contributed by atoms with Crippen molar-refractivity contribution >= 4 is 37.3 Å². The van der Waals surface area contributed by atoms with Gasteiger partial charge in [-0.3, -0.25) is 4.79 Å². The summed E-state index contributed by atoms with van der Waals surface area (Å²) in [5.74, 6) is 0.946. The molecule has 0 N–H and O–H groups in total. The third-order valence-corrected chi connectivity index (χ3v) is 7.51. The molecule has 1 amide bonds. The summed E-state index contributed by atoms with van der Waals surface area (Å²) in [5, 5.41) is 0. The Morgan fingerprint density at radius 3 is 2.55 bits per heavy atom. The number of ether oxygens (including phenoxy) is 2. The van der Waals surface area contributed by atoms with E-state index in [0.717, 1.165) is 10.2 Å². The van der Waals surface area contributed by atoms with Crippen LogP contribution in [0.1, 0.15) is 12.8 Å². The van der Waals surface area contributed by atoms with Gasteiger partial charge in [0, 0.05) is 25.6 Å². The Labute approximate surface area is 172 Å². The van der Waals surface area contributed by atoms with E-state index in [2.05, 4.69) is 4.99 Å². The summed E-state index contributed by atoms with van der Waals surface area (Å²) in [7, 11) is -1.56. The highest BCUT2D eigenvalue weighted by molar-refractivity contribution is 7.91. The topological polar surface area (TPSA) is 87.0 Å². The molecular formula is C20H20N2O5S2. The summed E-state index contributed by atoms with van der Waals surface area (Å²) in [4.78, 5) is 17.3. The second-order valence-electron chi connectivity index (χ2n) is 6.65. The Balaban J connectivity index is 1.48. The molecule has 0 saturated carbocycles. The van der Waals surface area contributed by atoms with Gasteiger partial charge in [-0.1, -0.05) is 29.5 Å². The van der Waals surface area contributed by atoms with Gasteiger partial charge in [-0.2, -0.15) is 4.99 Å². The number of amides is 1. The van der Waals surface area contributed by atoms with E-state index in [1.807, 2.05) is 23.7 Å². The van der Waals surface area contributed by atoms with Crippen molar-refractivity contribution in [1.82, 2.24) is 4.57 Å². The minimum absolute atomic E-state index is 0.0725. The molecule has 2 aromatic carbocycles. The fourth-order valence-electron chi connectivity index (χ4n) is 3.09. The summed E-state index contributed by atoms with van der Waals surface area (Å²) in [6.07, 6.45) is 0.299. The Morgan fingerprint density at radius 2 is 1.83 bits per heavy atom. The molecule has 0 saturated heterocycles. The molecule has 0 spiro atoms. The Bertz CT molecular complexity index is 1230. The lowest BCUT2D eigenvalue weighted by atomic mass is 10.3. The van der Waals surface area contributed by atoms with Gasteiger partial charge in [0.15, 0.2) is 26.1 Å². The zero-order valence-electron chi connectivity index (χ0n) is 15.8. The van der Waals surface area contributed by atoms with Gasteiger partial charge in [-0.15, -0.1) is 0 Å². The van der Waals surface area contributed by atoms with Crippen LogP contribution >= 0.6 is 11.3 Å². The van der Waals surface area contributed by atoms with Crippen LogP contribution in [0.3, 0.4) is 0 Å². The van der Waals surface area contributed by atoms with Gasteiger partial charge in [0.1, 0.15) is 13.2 Å². The first-order chi connectivity index (χ1) is 13.9. The second-order valence-corrected chi connectivity index (χ2v) is 9.77. The third-order valence-electron chi connectivity index (χ3n) is 4.60. The molecule has 152 valence electrons. The van der Waals surface area contributed by atoms with Gasteiger partial charge in [-0.05, 0) is 18.6 Å². The number of sulfone groups is 1. The minimum Gasteiger partial charge on any atom is -0.486 e. The van der Waals surface area contributed by atoms with E-state index in [-0.39, 0.29) is 29.4 Å². The Hall–Kier alpha value is -2.65. The van der Waals surface area contributed by atoms with Crippen LogP contribution in [0.15, 0.2) is 52.4 Å². The number of carbonyl (C=O) groups excluding carboxylic acids is 1. The van der Waals surface area contributed by atoms with Crippen LogP contribution in [0, 0.1) is 0 Å². The van der Waals surface area contributed by atoms with Crippen molar-refractivity contribution in [2.45, 2.75) is 17.7 Å². The van der Waals surface area contributed by atoms with Crippen LogP contribution < -0.4 is 14.3 Å². The summed E-state index contributed by atoms with van der Waals surface area (Å²) in [6.45, 7) is 1.02. The maximum atomic E-state index is 12.3. The van der Waals surface area contributed by atoms with E-state index in [1.165, 1.54) is 11.3 Å². The first-order valence-corrected chi connectivity index (χ1v) is 11.7. The zero-order chi connectivity index (χ0) is 20.4. The molecule has 1 aromatic heterocycles. The quantitative estimate of drug-likeness (QED) is 0.619. The predicted octanol–water partition coefficient (Wildman–Crippen LogP) is 2.69. The summed E-state index contributed by atoms with van der Waals surface area (Å²) < 4.78 is 38.6. The number of thiazole rings is 1. The number of nitrogens with zero attached hydrogens (tertiary/aromatic N) is 2. The molecule has 1 aliphatic rings. The van der Waals surface area contributed by atoms with Crippen molar-refractivity contribution in [2.75, 3.05) is 19.0 Å². The molecule has 2 heterocycles. The highest BCUT2D eigenvalue weighted by atomic mass is 32.2. The van der Waals surface area contributed by atoms with Crippen LogP contribution in [0.25, 0.3) is 10.2 Å². The van der Waals surface area contributed by atoms with Crippen molar-refractivity contribution in [2.24, 2.45) is 12.0 Å². The molecule has 1 aliphatic heterocycles. The fraction of sp³-hybridized carbons (Fsp3) is 0.300. The lowest BCUT2D eigenvalue weighted by Crippen LogP contribution is -2.16. The van der Waals surface area contributed by atoms with Gasteiger partial charge in [-0.25, -0.2) is 8.42 Å². The third kappa shape index (κ3) is 4.20. The highest BCUT2D eigenvalue weighted by Crippen LogP contribution is 2.35. The normalized spacial score (nSPS) is 14.3. The van der Waals surface area contributed by atoms with Gasteiger partial charge >= 0.3 is 0 Å². The smallest absolute Gasteiger partial charge is 0.248 e. The number of rotatable bonds is 5. The number of aromatic nitrogens is 1. The van der Waals surface area contributed by atoms with Crippen LogP contribution in [0.2, 0.25) is 0 Å². The van der Waals surface area contributed by atoms with Crippen molar-refractivity contribution < 1.29 is 22.7 Å². The average Bonchev–Trinajstić information content (AvgIpc) is 3.01. The number of fused-ring (bicyclic) bond motifs is 2. The van der Waals surface area contributed by atoms with E-state index in [1.54, 1.807) is 30.3 Å². The lowest BCUT2D eigenvalue weighted by molar-refractivity contribution is -0.118. The first-order valence-electron chi connectivity index (χ1n) is 9.18. The van der Waals surface area contributed by atoms with Gasteiger partial charge in [0.05, 0.1) is 20.9 Å². The van der Waals surface area contributed by atoms with E-state index in [9.17, 15) is 13.2 Å². The van der Waals surface area contributed by atoms with Crippen LogP contribution in [-0.2, 0) is 21.7 Å². The SMILES string of the molecule is Cn1c(=NC(=O)CCCS(=O)(=O)c2ccccc2)sc2cc3c(cc21)OCCO3. The van der Waals surface area contributed by atoms with E-state index in [4.69, 9.17) is 9.47 Å². The number of benzene rings is 2. The van der Waals surface area contributed by atoms with Crippen LogP contribution in [0.4, 0.5) is 0 Å². The molecule has 0 atom stereocenters. The minimum atomic E-state index is -3.39. The highest BCUT2D eigenvalue weighted by Gasteiger charge is 2.16. The number of carbonyl (C=O) groups is 1. The first kappa shape index (κ1) is 19.7. The fourth-order valence-corrected chi connectivity index (χ4v) is 5.47. The number of aryl methyl sites for hydroxylation is 1. The average molecular weight is 433 g/mol. The van der Waals surface area contributed by atoms with Crippen LogP contribution in [-0.4, -0.2) is 37.9 Å². The lowest BCUT2D eigenvalue weighted by Gasteiger charge is -2.18. The molecule has 0 fully saturated rings. The molecule has 0 aliphatic carbocycles. The van der Waals surface area contributed by atoms with E-state index < -0.39 is 9.84 Å². The van der Waals surface area contributed by atoms with Crippen molar-refractivity contribution in [3.63, 3.8) is 0 Å². The maximum Gasteiger partial charge on any atom is 0.248 e. The molecular weight excluding hydrogens is 412 g/mol. The summed E-state index contributed by atoms with van der Waals surface area (Å²) in [5.41, 5.74) is 0.900. The van der Waals surface area contributed by atoms with E-state index >= 15 is 0 Å². The second kappa shape index (κ2) is 8.00. The monoisotopic (exact) mass is 432 g/mol. The molecule has 9 heteroatoms. The molecule has 29 heavy (non-hydrogen) atoms. The number of hydrogen-bond acceptors (Lipinski definition) is 6. The Morgan fingerprint density at radius 1 is 1.14 bits per heavy atom. The predicted molar refractivity (Wildman–Crippen MR) is 110 cm³/mol.